The molecule has 1 atom stereocenters. The van der Waals surface area contributed by atoms with E-state index < -0.39 is 10.0 Å². The lowest BCUT2D eigenvalue weighted by Crippen LogP contribution is -2.39. The number of aliphatic hydroxyl groups excluding tert-OH is 1. The van der Waals surface area contributed by atoms with E-state index in [2.05, 4.69) is 14.4 Å². The summed E-state index contributed by atoms with van der Waals surface area (Å²) in [5, 5.41) is 12.4. The second-order valence-electron chi connectivity index (χ2n) is 4.23. The highest BCUT2D eigenvalue weighted by molar-refractivity contribution is 7.88. The van der Waals surface area contributed by atoms with E-state index in [9.17, 15) is 8.42 Å². The van der Waals surface area contributed by atoms with Crippen molar-refractivity contribution in [2.45, 2.75) is 32.1 Å². The molecule has 1 rings (SSSR count). The maximum absolute atomic E-state index is 11.8. The Bertz CT molecular complexity index is 414. The zero-order chi connectivity index (χ0) is 12.9. The Morgan fingerprint density at radius 2 is 2.24 bits per heavy atom. The molecule has 1 heterocycles. The first kappa shape index (κ1) is 14.1. The van der Waals surface area contributed by atoms with Crippen molar-refractivity contribution in [3.63, 3.8) is 0 Å². The summed E-state index contributed by atoms with van der Waals surface area (Å²) in [6.45, 7) is 3.76. The van der Waals surface area contributed by atoms with Crippen molar-refractivity contribution < 1.29 is 18.0 Å². The van der Waals surface area contributed by atoms with Crippen LogP contribution >= 0.6 is 0 Å². The summed E-state index contributed by atoms with van der Waals surface area (Å²) in [4.78, 5) is 0. The maximum Gasteiger partial charge on any atom is 0.217 e. The molecule has 0 aliphatic carbocycles. The highest BCUT2D eigenvalue weighted by atomic mass is 32.2. The fraction of sp³-hybridized carbons (Fsp3) is 0.700. The van der Waals surface area contributed by atoms with Gasteiger partial charge in [-0.05, 0) is 12.3 Å². The van der Waals surface area contributed by atoms with Crippen LogP contribution in [-0.4, -0.2) is 31.3 Å². The van der Waals surface area contributed by atoms with Gasteiger partial charge in [0.25, 0.3) is 0 Å². The molecular formula is C10H18N2O4S. The Labute approximate surface area is 101 Å². The van der Waals surface area contributed by atoms with Gasteiger partial charge in [-0.2, -0.15) is 0 Å². The zero-order valence-corrected chi connectivity index (χ0v) is 10.8. The summed E-state index contributed by atoms with van der Waals surface area (Å²) in [5.74, 6) is -0.0905. The number of sulfonamides is 1. The van der Waals surface area contributed by atoms with Gasteiger partial charge in [-0.15, -0.1) is 0 Å². The Hall–Kier alpha value is -0.920. The van der Waals surface area contributed by atoms with Gasteiger partial charge in [-0.3, -0.25) is 0 Å². The number of nitrogens with one attached hydrogen (secondary N) is 1. The van der Waals surface area contributed by atoms with Crippen molar-refractivity contribution in [3.05, 3.63) is 18.0 Å². The number of aliphatic hydroxyl groups is 1. The minimum absolute atomic E-state index is 0.0463. The summed E-state index contributed by atoms with van der Waals surface area (Å²) < 4.78 is 30.8. The van der Waals surface area contributed by atoms with Crippen molar-refractivity contribution in [1.29, 1.82) is 0 Å². The fourth-order valence-electron chi connectivity index (χ4n) is 1.45. The Balaban J connectivity index is 2.64. The molecular weight excluding hydrogens is 244 g/mol. The van der Waals surface area contributed by atoms with E-state index in [1.165, 1.54) is 12.3 Å². The van der Waals surface area contributed by atoms with Crippen molar-refractivity contribution in [1.82, 2.24) is 9.88 Å². The van der Waals surface area contributed by atoms with Crippen LogP contribution in [0.2, 0.25) is 0 Å². The maximum atomic E-state index is 11.8. The second kappa shape index (κ2) is 6.13. The Morgan fingerprint density at radius 3 is 2.71 bits per heavy atom. The molecule has 6 nitrogen and oxygen atoms in total. The van der Waals surface area contributed by atoms with Gasteiger partial charge in [0, 0.05) is 18.7 Å². The van der Waals surface area contributed by atoms with E-state index in [-0.39, 0.29) is 24.3 Å². The van der Waals surface area contributed by atoms with Crippen LogP contribution < -0.4 is 4.72 Å². The van der Waals surface area contributed by atoms with Gasteiger partial charge in [0.05, 0.1) is 5.69 Å². The van der Waals surface area contributed by atoms with Crippen LogP contribution in [0.4, 0.5) is 0 Å². The smallest absolute Gasteiger partial charge is 0.217 e. The van der Waals surface area contributed by atoms with E-state index in [1.807, 2.05) is 13.8 Å². The molecule has 0 aromatic carbocycles. The summed E-state index contributed by atoms with van der Waals surface area (Å²) in [6.07, 6.45) is 1.73. The molecule has 7 heteroatoms. The highest BCUT2D eigenvalue weighted by Gasteiger charge is 2.21. The lowest BCUT2D eigenvalue weighted by atomic mass is 10.0. The van der Waals surface area contributed by atoms with Gasteiger partial charge < -0.3 is 9.63 Å². The van der Waals surface area contributed by atoms with Crippen molar-refractivity contribution in [3.8, 4) is 0 Å². The van der Waals surface area contributed by atoms with E-state index in [0.717, 1.165) is 0 Å². The molecule has 0 aliphatic rings. The van der Waals surface area contributed by atoms with Crippen LogP contribution in [-0.2, 0) is 15.8 Å². The van der Waals surface area contributed by atoms with Crippen LogP contribution in [0.1, 0.15) is 26.0 Å². The standard InChI is InChI=1S/C10H18N2O4S/c1-8(2)10(3-5-13)12-17(14,15)7-9-4-6-16-11-9/h4,6,8,10,12-13H,3,5,7H2,1-2H3. The Kier molecular flexibility index (Phi) is 5.10. The number of hydrogen-bond donors (Lipinski definition) is 2. The van der Waals surface area contributed by atoms with Gasteiger partial charge in [0.15, 0.2) is 0 Å². The molecule has 98 valence electrons. The normalized spacial score (nSPS) is 14.1. The third-order valence-corrected chi connectivity index (χ3v) is 3.74. The van der Waals surface area contributed by atoms with Crippen molar-refractivity contribution in [2.24, 2.45) is 5.92 Å². The Morgan fingerprint density at radius 1 is 1.53 bits per heavy atom. The van der Waals surface area contributed by atoms with E-state index in [4.69, 9.17) is 5.11 Å². The predicted molar refractivity (Wildman–Crippen MR) is 62.6 cm³/mol. The average molecular weight is 262 g/mol. The minimum Gasteiger partial charge on any atom is -0.396 e. The second-order valence-corrected chi connectivity index (χ2v) is 5.98. The molecule has 0 radical (unpaired) electrons. The van der Waals surface area contributed by atoms with Crippen LogP contribution in [0.15, 0.2) is 16.9 Å². The zero-order valence-electron chi connectivity index (χ0n) is 9.96. The fourth-order valence-corrected chi connectivity index (χ4v) is 2.92. The van der Waals surface area contributed by atoms with E-state index in [0.29, 0.717) is 12.1 Å². The lowest BCUT2D eigenvalue weighted by Gasteiger charge is -2.20. The molecule has 0 bridgehead atoms. The molecule has 1 unspecified atom stereocenters. The van der Waals surface area contributed by atoms with Crippen LogP contribution in [0.5, 0.6) is 0 Å². The summed E-state index contributed by atoms with van der Waals surface area (Å²) in [5.41, 5.74) is 0.365. The predicted octanol–water partition coefficient (Wildman–Crippen LogP) is 0.501. The molecule has 0 aliphatic heterocycles. The van der Waals surface area contributed by atoms with E-state index in [1.54, 1.807) is 0 Å². The number of hydrogen-bond acceptors (Lipinski definition) is 5. The quantitative estimate of drug-likeness (QED) is 0.746. The average Bonchev–Trinajstić information content (AvgIpc) is 2.68. The summed E-state index contributed by atoms with van der Waals surface area (Å²) in [7, 11) is -3.45. The first-order valence-corrected chi connectivity index (χ1v) is 7.10. The molecule has 0 spiro atoms. The molecule has 0 fully saturated rings. The molecule has 17 heavy (non-hydrogen) atoms. The van der Waals surface area contributed by atoms with Crippen molar-refractivity contribution >= 4 is 10.0 Å². The van der Waals surface area contributed by atoms with Crippen molar-refractivity contribution in [2.75, 3.05) is 6.61 Å². The van der Waals surface area contributed by atoms with E-state index >= 15 is 0 Å². The molecule has 2 N–H and O–H groups in total. The summed E-state index contributed by atoms with van der Waals surface area (Å²) in [6, 6.07) is 1.24. The first-order chi connectivity index (χ1) is 7.94. The van der Waals surface area contributed by atoms with Gasteiger partial charge >= 0.3 is 0 Å². The van der Waals surface area contributed by atoms with Crippen LogP contribution in [0.3, 0.4) is 0 Å². The third-order valence-electron chi connectivity index (χ3n) is 2.40. The number of aromatic nitrogens is 1. The van der Waals surface area contributed by atoms with Gasteiger partial charge in [-0.25, -0.2) is 13.1 Å². The minimum atomic E-state index is -3.45. The number of nitrogens with zero attached hydrogens (tertiary/aromatic N) is 1. The lowest BCUT2D eigenvalue weighted by molar-refractivity contribution is 0.256. The molecule has 1 aromatic heterocycles. The van der Waals surface area contributed by atoms with Gasteiger partial charge in [0.1, 0.15) is 12.0 Å². The largest absolute Gasteiger partial charge is 0.396 e. The first-order valence-electron chi connectivity index (χ1n) is 5.44. The number of rotatable bonds is 7. The molecule has 1 aromatic rings. The summed E-state index contributed by atoms with van der Waals surface area (Å²) >= 11 is 0. The monoisotopic (exact) mass is 262 g/mol. The molecule has 0 amide bonds. The molecule has 0 saturated carbocycles. The topological polar surface area (TPSA) is 92.4 Å². The van der Waals surface area contributed by atoms with Gasteiger partial charge in [0.2, 0.25) is 10.0 Å². The van der Waals surface area contributed by atoms with Crippen LogP contribution in [0.25, 0.3) is 0 Å². The third kappa shape index (κ3) is 4.84. The highest BCUT2D eigenvalue weighted by Crippen LogP contribution is 2.09. The van der Waals surface area contributed by atoms with Crippen LogP contribution in [0, 0.1) is 5.92 Å². The van der Waals surface area contributed by atoms with Gasteiger partial charge in [-0.1, -0.05) is 19.0 Å². The molecule has 0 saturated heterocycles. The SMILES string of the molecule is CC(C)C(CCO)NS(=O)(=O)Cc1ccon1.